The monoisotopic (exact) mass is 262 g/mol. The highest BCUT2D eigenvalue weighted by atomic mass is 16.5. The zero-order valence-corrected chi connectivity index (χ0v) is 12.4. The molecular formula is C17H26O2. The maximum Gasteiger partial charge on any atom is 0.0869 e. The van der Waals surface area contributed by atoms with E-state index >= 15 is 0 Å². The van der Waals surface area contributed by atoms with Crippen LogP contribution in [-0.4, -0.2) is 17.3 Å². The average molecular weight is 262 g/mol. The van der Waals surface area contributed by atoms with Gasteiger partial charge in [0.2, 0.25) is 0 Å². The van der Waals surface area contributed by atoms with Gasteiger partial charge in [0.1, 0.15) is 0 Å². The van der Waals surface area contributed by atoms with E-state index in [4.69, 9.17) is 4.74 Å². The summed E-state index contributed by atoms with van der Waals surface area (Å²) in [7, 11) is 0. The summed E-state index contributed by atoms with van der Waals surface area (Å²) in [5.74, 6) is 1.82. The number of hydrogen-bond acceptors (Lipinski definition) is 2. The minimum atomic E-state index is -0.357. The van der Waals surface area contributed by atoms with Crippen molar-refractivity contribution in [1.29, 1.82) is 0 Å². The predicted octanol–water partition coefficient (Wildman–Crippen LogP) is 3.49. The highest BCUT2D eigenvalue weighted by molar-refractivity contribution is 5.13. The highest BCUT2D eigenvalue weighted by Gasteiger charge is 2.43. The van der Waals surface area contributed by atoms with Crippen molar-refractivity contribution >= 4 is 0 Å². The zero-order valence-electron chi connectivity index (χ0n) is 12.4. The summed E-state index contributed by atoms with van der Waals surface area (Å²) in [5.41, 5.74) is 1.17. The maximum absolute atomic E-state index is 10.4. The van der Waals surface area contributed by atoms with Crippen LogP contribution in [0.15, 0.2) is 30.3 Å². The lowest BCUT2D eigenvalue weighted by Gasteiger charge is -2.45. The first kappa shape index (κ1) is 14.5. The fraction of sp³-hybridized carbons (Fsp3) is 0.647. The lowest BCUT2D eigenvalue weighted by molar-refractivity contribution is -0.144. The van der Waals surface area contributed by atoms with Crippen LogP contribution in [0, 0.1) is 23.7 Å². The van der Waals surface area contributed by atoms with Crippen LogP contribution in [0.4, 0.5) is 0 Å². The van der Waals surface area contributed by atoms with E-state index in [-0.39, 0.29) is 12.2 Å². The highest BCUT2D eigenvalue weighted by Crippen LogP contribution is 2.40. The Morgan fingerprint density at radius 1 is 0.895 bits per heavy atom. The van der Waals surface area contributed by atoms with Gasteiger partial charge in [-0.15, -0.1) is 0 Å². The van der Waals surface area contributed by atoms with Crippen LogP contribution in [-0.2, 0) is 11.3 Å². The second kappa shape index (κ2) is 6.06. The van der Waals surface area contributed by atoms with Crippen molar-refractivity contribution in [3.8, 4) is 0 Å². The summed E-state index contributed by atoms with van der Waals surface area (Å²) in [6.45, 7) is 9.43. The molecule has 2 nitrogen and oxygen atoms in total. The molecule has 0 spiro atoms. The molecule has 0 amide bonds. The Morgan fingerprint density at radius 2 is 1.47 bits per heavy atom. The Labute approximate surface area is 116 Å². The smallest absolute Gasteiger partial charge is 0.0869 e. The molecule has 0 bridgehead atoms. The fourth-order valence-corrected chi connectivity index (χ4v) is 3.20. The van der Waals surface area contributed by atoms with E-state index in [2.05, 4.69) is 39.8 Å². The molecule has 106 valence electrons. The van der Waals surface area contributed by atoms with Gasteiger partial charge in [0, 0.05) is 0 Å². The van der Waals surface area contributed by atoms with Crippen molar-refractivity contribution in [2.75, 3.05) is 0 Å². The Balaban J connectivity index is 2.02. The minimum Gasteiger partial charge on any atom is -0.390 e. The van der Waals surface area contributed by atoms with Crippen LogP contribution in [0.25, 0.3) is 0 Å². The SMILES string of the molecule is CC1[C@H](C)C(O)C(OCc2ccccc2)[C@H](C)[C@@H]1C. The third kappa shape index (κ3) is 3.01. The van der Waals surface area contributed by atoms with Gasteiger partial charge < -0.3 is 9.84 Å². The summed E-state index contributed by atoms with van der Waals surface area (Å²) in [4.78, 5) is 0. The van der Waals surface area contributed by atoms with Gasteiger partial charge in [-0.25, -0.2) is 0 Å². The lowest BCUT2D eigenvalue weighted by Crippen LogP contribution is -2.50. The van der Waals surface area contributed by atoms with Crippen molar-refractivity contribution in [2.24, 2.45) is 23.7 Å². The summed E-state index contributed by atoms with van der Waals surface area (Å²) in [6.07, 6.45) is -0.411. The van der Waals surface area contributed by atoms with Gasteiger partial charge >= 0.3 is 0 Å². The molecule has 19 heavy (non-hydrogen) atoms. The molecule has 2 rings (SSSR count). The van der Waals surface area contributed by atoms with Gasteiger partial charge in [-0.3, -0.25) is 0 Å². The van der Waals surface area contributed by atoms with E-state index in [1.165, 1.54) is 5.56 Å². The van der Waals surface area contributed by atoms with E-state index in [9.17, 15) is 5.11 Å². The van der Waals surface area contributed by atoms with E-state index < -0.39 is 0 Å². The first-order valence-electron chi connectivity index (χ1n) is 7.36. The number of aliphatic hydroxyl groups is 1. The first-order chi connectivity index (χ1) is 9.02. The van der Waals surface area contributed by atoms with Crippen LogP contribution >= 0.6 is 0 Å². The maximum atomic E-state index is 10.4. The van der Waals surface area contributed by atoms with Gasteiger partial charge in [0.25, 0.3) is 0 Å². The van der Waals surface area contributed by atoms with Gasteiger partial charge in [-0.2, -0.15) is 0 Å². The molecule has 1 saturated carbocycles. The number of hydrogen-bond donors (Lipinski definition) is 1. The fourth-order valence-electron chi connectivity index (χ4n) is 3.20. The average Bonchev–Trinajstić information content (AvgIpc) is 2.44. The van der Waals surface area contributed by atoms with Crippen LogP contribution in [0.3, 0.4) is 0 Å². The Kier molecular flexibility index (Phi) is 4.64. The number of rotatable bonds is 3. The predicted molar refractivity (Wildman–Crippen MR) is 77.7 cm³/mol. The Morgan fingerprint density at radius 3 is 2.11 bits per heavy atom. The second-order valence-corrected chi connectivity index (χ2v) is 6.19. The molecule has 0 aliphatic heterocycles. The number of aliphatic hydroxyl groups excluding tert-OH is 1. The molecule has 1 fully saturated rings. The van der Waals surface area contributed by atoms with Crippen LogP contribution in [0.1, 0.15) is 33.3 Å². The normalized spacial score (nSPS) is 39.2. The van der Waals surface area contributed by atoms with Crippen LogP contribution in [0.5, 0.6) is 0 Å². The molecule has 2 heteroatoms. The van der Waals surface area contributed by atoms with E-state index in [1.54, 1.807) is 0 Å². The summed E-state index contributed by atoms with van der Waals surface area (Å²) < 4.78 is 6.03. The quantitative estimate of drug-likeness (QED) is 0.903. The van der Waals surface area contributed by atoms with Crippen molar-refractivity contribution in [3.63, 3.8) is 0 Å². The van der Waals surface area contributed by atoms with Gasteiger partial charge in [-0.1, -0.05) is 58.0 Å². The molecule has 1 N–H and O–H groups in total. The molecular weight excluding hydrogens is 236 g/mol. The largest absolute Gasteiger partial charge is 0.390 e. The molecule has 1 aromatic rings. The van der Waals surface area contributed by atoms with Crippen molar-refractivity contribution in [3.05, 3.63) is 35.9 Å². The lowest BCUT2D eigenvalue weighted by atomic mass is 9.66. The molecule has 0 radical (unpaired) electrons. The van der Waals surface area contributed by atoms with E-state index in [0.717, 1.165) is 0 Å². The van der Waals surface area contributed by atoms with Crippen molar-refractivity contribution in [2.45, 2.75) is 46.5 Å². The third-order valence-electron chi connectivity index (χ3n) is 5.17. The second-order valence-electron chi connectivity index (χ2n) is 6.19. The Hall–Kier alpha value is -0.860. The summed E-state index contributed by atoms with van der Waals surface area (Å²) in [5, 5.41) is 10.4. The molecule has 3 unspecified atom stereocenters. The van der Waals surface area contributed by atoms with Gasteiger partial charge in [-0.05, 0) is 29.2 Å². The first-order valence-corrected chi connectivity index (χ1v) is 7.36. The van der Waals surface area contributed by atoms with Crippen molar-refractivity contribution in [1.82, 2.24) is 0 Å². The molecule has 0 aromatic heterocycles. The summed E-state index contributed by atoms with van der Waals surface area (Å²) in [6, 6.07) is 10.2. The zero-order chi connectivity index (χ0) is 14.0. The van der Waals surface area contributed by atoms with E-state index in [1.807, 2.05) is 18.2 Å². The summed E-state index contributed by atoms with van der Waals surface area (Å²) >= 11 is 0. The van der Waals surface area contributed by atoms with Gasteiger partial charge in [0.15, 0.2) is 0 Å². The molecule has 1 aromatic carbocycles. The minimum absolute atomic E-state index is 0.0543. The third-order valence-corrected chi connectivity index (χ3v) is 5.17. The van der Waals surface area contributed by atoms with Crippen molar-refractivity contribution < 1.29 is 9.84 Å². The molecule has 1 aliphatic carbocycles. The van der Waals surface area contributed by atoms with E-state index in [0.29, 0.717) is 30.3 Å². The molecule has 0 saturated heterocycles. The Bertz CT molecular complexity index is 374. The van der Waals surface area contributed by atoms with Gasteiger partial charge in [0.05, 0.1) is 18.8 Å². The molecule has 1 aliphatic rings. The number of benzene rings is 1. The standard InChI is InChI=1S/C17H26O2/c1-11-12(2)14(4)17(16(18)13(11)3)19-10-15-8-6-5-7-9-15/h5-9,11-14,16-18H,10H2,1-4H3/t11?,12-,13+,14-,16?,17?/m1/s1. The molecule has 0 heterocycles. The van der Waals surface area contributed by atoms with Crippen LogP contribution in [0.2, 0.25) is 0 Å². The topological polar surface area (TPSA) is 29.5 Å². The molecule has 6 atom stereocenters. The van der Waals surface area contributed by atoms with Crippen LogP contribution < -0.4 is 0 Å². The number of ether oxygens (including phenoxy) is 1.